The second-order valence-electron chi connectivity index (χ2n) is 3.93. The zero-order chi connectivity index (χ0) is 9.97. The van der Waals surface area contributed by atoms with Crippen molar-refractivity contribution in [1.29, 1.82) is 0 Å². The number of methoxy groups -OCH3 is 1. The molecule has 2 aliphatic rings. The number of esters is 1. The Kier molecular flexibility index (Phi) is 2.87. The molecule has 0 amide bonds. The van der Waals surface area contributed by atoms with Gasteiger partial charge in [-0.05, 0) is 30.4 Å². The third kappa shape index (κ3) is 1.82. The van der Waals surface area contributed by atoms with Crippen molar-refractivity contribution < 1.29 is 14.3 Å². The van der Waals surface area contributed by atoms with E-state index in [-0.39, 0.29) is 5.97 Å². The first-order chi connectivity index (χ1) is 6.81. The highest BCUT2D eigenvalue weighted by atomic mass is 16.5. The quantitative estimate of drug-likeness (QED) is 0.499. The molecular weight excluding hydrogens is 180 g/mol. The minimum absolute atomic E-state index is 0.151. The molecule has 0 bridgehead atoms. The predicted molar refractivity (Wildman–Crippen MR) is 51.9 cm³/mol. The highest BCUT2D eigenvalue weighted by molar-refractivity contribution is 5.72. The van der Waals surface area contributed by atoms with Crippen LogP contribution in [0.15, 0.2) is 11.1 Å². The summed E-state index contributed by atoms with van der Waals surface area (Å²) in [7, 11) is 1.43. The molecule has 14 heavy (non-hydrogen) atoms. The maximum Gasteiger partial charge on any atom is 0.309 e. The van der Waals surface area contributed by atoms with Crippen LogP contribution in [0.2, 0.25) is 0 Å². The van der Waals surface area contributed by atoms with Gasteiger partial charge in [-0.1, -0.05) is 6.42 Å². The van der Waals surface area contributed by atoms with E-state index in [4.69, 9.17) is 4.74 Å². The summed E-state index contributed by atoms with van der Waals surface area (Å²) in [5.74, 6) is -0.151. The van der Waals surface area contributed by atoms with Crippen LogP contribution in [-0.2, 0) is 14.3 Å². The minimum atomic E-state index is -0.151. The van der Waals surface area contributed by atoms with Gasteiger partial charge in [0.2, 0.25) is 0 Å². The SMILES string of the molecule is COC(=O)CC1=C2CCCC[C@@H]2OC1. The van der Waals surface area contributed by atoms with Crippen LogP contribution >= 0.6 is 0 Å². The molecule has 78 valence electrons. The minimum Gasteiger partial charge on any atom is -0.469 e. The fourth-order valence-corrected chi connectivity index (χ4v) is 2.27. The lowest BCUT2D eigenvalue weighted by Gasteiger charge is -2.19. The Labute approximate surface area is 84.1 Å². The summed E-state index contributed by atoms with van der Waals surface area (Å²) in [6.07, 6.45) is 5.45. The molecule has 0 aromatic heterocycles. The van der Waals surface area contributed by atoms with Crippen molar-refractivity contribution in [3.05, 3.63) is 11.1 Å². The van der Waals surface area contributed by atoms with Crippen molar-refractivity contribution in [3.63, 3.8) is 0 Å². The van der Waals surface area contributed by atoms with Gasteiger partial charge in [0.1, 0.15) is 0 Å². The van der Waals surface area contributed by atoms with E-state index in [1.807, 2.05) is 0 Å². The first-order valence-electron chi connectivity index (χ1n) is 5.20. The standard InChI is InChI=1S/C11H16O3/c1-13-11(12)6-8-7-14-10-5-3-2-4-9(8)10/h10H,2-7H2,1H3/t10-/m0/s1. The van der Waals surface area contributed by atoms with Gasteiger partial charge in [0.05, 0.1) is 26.2 Å². The lowest BCUT2D eigenvalue weighted by atomic mass is 9.89. The summed E-state index contributed by atoms with van der Waals surface area (Å²) >= 11 is 0. The number of hydrogen-bond acceptors (Lipinski definition) is 3. The second-order valence-corrected chi connectivity index (χ2v) is 3.93. The van der Waals surface area contributed by atoms with E-state index in [1.54, 1.807) is 0 Å². The molecule has 3 nitrogen and oxygen atoms in total. The number of rotatable bonds is 2. The van der Waals surface area contributed by atoms with Gasteiger partial charge in [0.15, 0.2) is 0 Å². The summed E-state index contributed by atoms with van der Waals surface area (Å²) in [4.78, 5) is 11.1. The van der Waals surface area contributed by atoms with Crippen LogP contribution in [0, 0.1) is 0 Å². The molecule has 3 heteroatoms. The summed E-state index contributed by atoms with van der Waals surface area (Å²) in [5, 5.41) is 0. The van der Waals surface area contributed by atoms with Gasteiger partial charge in [-0.25, -0.2) is 0 Å². The number of carbonyl (C=O) groups excluding carboxylic acids is 1. The third-order valence-electron chi connectivity index (χ3n) is 3.05. The zero-order valence-corrected chi connectivity index (χ0v) is 8.54. The monoisotopic (exact) mass is 196 g/mol. The molecule has 0 aromatic carbocycles. The second kappa shape index (κ2) is 4.13. The Bertz CT molecular complexity index is 268. The van der Waals surface area contributed by atoms with Gasteiger partial charge < -0.3 is 9.47 Å². The summed E-state index contributed by atoms with van der Waals surface area (Å²) < 4.78 is 10.3. The first kappa shape index (κ1) is 9.71. The van der Waals surface area contributed by atoms with E-state index >= 15 is 0 Å². The predicted octanol–water partition coefficient (Wildman–Crippen LogP) is 1.82. The van der Waals surface area contributed by atoms with Crippen molar-refractivity contribution in [2.75, 3.05) is 13.7 Å². The van der Waals surface area contributed by atoms with Crippen molar-refractivity contribution in [1.82, 2.24) is 0 Å². The normalized spacial score (nSPS) is 26.2. The van der Waals surface area contributed by atoms with E-state index in [0.29, 0.717) is 19.1 Å². The molecule has 1 saturated carbocycles. The van der Waals surface area contributed by atoms with Gasteiger partial charge in [-0.3, -0.25) is 4.79 Å². The van der Waals surface area contributed by atoms with Crippen molar-refractivity contribution in [3.8, 4) is 0 Å². The highest BCUT2D eigenvalue weighted by Crippen LogP contribution is 2.34. The maximum atomic E-state index is 11.1. The van der Waals surface area contributed by atoms with Crippen LogP contribution in [-0.4, -0.2) is 25.8 Å². The Hall–Kier alpha value is -0.830. The van der Waals surface area contributed by atoms with Crippen LogP contribution in [0.4, 0.5) is 0 Å². The first-order valence-corrected chi connectivity index (χ1v) is 5.20. The number of ether oxygens (including phenoxy) is 2. The molecule has 1 atom stereocenters. The molecule has 1 fully saturated rings. The van der Waals surface area contributed by atoms with Gasteiger partial charge >= 0.3 is 5.97 Å². The zero-order valence-electron chi connectivity index (χ0n) is 8.54. The number of carbonyl (C=O) groups is 1. The van der Waals surface area contributed by atoms with Gasteiger partial charge in [0, 0.05) is 0 Å². The Morgan fingerprint density at radius 2 is 2.43 bits per heavy atom. The van der Waals surface area contributed by atoms with E-state index in [2.05, 4.69) is 4.74 Å². The molecule has 0 saturated heterocycles. The van der Waals surface area contributed by atoms with Gasteiger partial charge in [0.25, 0.3) is 0 Å². The maximum absolute atomic E-state index is 11.1. The molecule has 1 aliphatic carbocycles. The van der Waals surface area contributed by atoms with Crippen molar-refractivity contribution in [2.45, 2.75) is 38.2 Å². The van der Waals surface area contributed by atoms with Gasteiger partial charge in [-0.15, -0.1) is 0 Å². The third-order valence-corrected chi connectivity index (χ3v) is 3.05. The van der Waals surface area contributed by atoms with Crippen LogP contribution in [0.5, 0.6) is 0 Å². The average molecular weight is 196 g/mol. The molecule has 1 aliphatic heterocycles. The van der Waals surface area contributed by atoms with Crippen LogP contribution < -0.4 is 0 Å². The fourth-order valence-electron chi connectivity index (χ4n) is 2.27. The van der Waals surface area contributed by atoms with Crippen molar-refractivity contribution in [2.24, 2.45) is 0 Å². The molecule has 0 aromatic rings. The lowest BCUT2D eigenvalue weighted by Crippen LogP contribution is -2.14. The molecule has 0 N–H and O–H groups in total. The van der Waals surface area contributed by atoms with Crippen LogP contribution in [0.25, 0.3) is 0 Å². The largest absolute Gasteiger partial charge is 0.469 e. The molecule has 0 radical (unpaired) electrons. The lowest BCUT2D eigenvalue weighted by molar-refractivity contribution is -0.139. The van der Waals surface area contributed by atoms with E-state index < -0.39 is 0 Å². The Morgan fingerprint density at radius 1 is 1.57 bits per heavy atom. The highest BCUT2D eigenvalue weighted by Gasteiger charge is 2.29. The molecular formula is C11H16O3. The Balaban J connectivity index is 2.06. The van der Waals surface area contributed by atoms with Crippen LogP contribution in [0.1, 0.15) is 32.1 Å². The van der Waals surface area contributed by atoms with E-state index in [0.717, 1.165) is 12.8 Å². The number of fused-ring (bicyclic) bond motifs is 1. The summed E-state index contributed by atoms with van der Waals surface area (Å²) in [6, 6.07) is 0. The molecule has 0 spiro atoms. The van der Waals surface area contributed by atoms with E-state index in [9.17, 15) is 4.79 Å². The summed E-state index contributed by atoms with van der Waals surface area (Å²) in [6.45, 7) is 0.634. The average Bonchev–Trinajstić information content (AvgIpc) is 2.62. The number of hydrogen-bond donors (Lipinski definition) is 0. The Morgan fingerprint density at radius 3 is 3.21 bits per heavy atom. The molecule has 0 unspecified atom stereocenters. The molecule has 1 heterocycles. The van der Waals surface area contributed by atoms with Gasteiger partial charge in [-0.2, -0.15) is 0 Å². The van der Waals surface area contributed by atoms with Crippen LogP contribution in [0.3, 0.4) is 0 Å². The molecule has 2 rings (SSSR count). The van der Waals surface area contributed by atoms with E-state index in [1.165, 1.54) is 31.1 Å². The fraction of sp³-hybridized carbons (Fsp3) is 0.727. The summed E-state index contributed by atoms with van der Waals surface area (Å²) in [5.41, 5.74) is 2.54. The van der Waals surface area contributed by atoms with Crippen molar-refractivity contribution >= 4 is 5.97 Å². The smallest absolute Gasteiger partial charge is 0.309 e. The topological polar surface area (TPSA) is 35.5 Å².